The molecule has 0 unspecified atom stereocenters. The van der Waals surface area contributed by atoms with Gasteiger partial charge in [0.25, 0.3) is 0 Å². The van der Waals surface area contributed by atoms with Gasteiger partial charge in [0, 0.05) is 0 Å². The van der Waals surface area contributed by atoms with Crippen molar-refractivity contribution in [2.24, 2.45) is 0 Å². The lowest BCUT2D eigenvalue weighted by Gasteiger charge is -2.09. The summed E-state index contributed by atoms with van der Waals surface area (Å²) in [4.78, 5) is -1.39. The first kappa shape index (κ1) is 20.3. The fourth-order valence-electron chi connectivity index (χ4n) is 2.18. The Balaban J connectivity index is 2.52. The minimum absolute atomic E-state index is 0.0833. The van der Waals surface area contributed by atoms with Crippen LogP contribution in [0.5, 0.6) is 11.5 Å². The molecule has 0 saturated heterocycles. The lowest BCUT2D eigenvalue weighted by Crippen LogP contribution is -2.08. The van der Waals surface area contributed by atoms with Gasteiger partial charge in [-0.15, -0.1) is 0 Å². The normalized spacial score (nSPS) is 12.5. The van der Waals surface area contributed by atoms with Crippen molar-refractivity contribution in [3.63, 3.8) is 0 Å². The van der Waals surface area contributed by atoms with Crippen LogP contribution in [0.2, 0.25) is 0 Å². The van der Waals surface area contributed by atoms with Crippen molar-refractivity contribution in [3.05, 3.63) is 58.5 Å². The second kappa shape index (κ2) is 7.72. The SMILES string of the molecule is CCOc1cc(/C=C(\C#N)S(=O)(=O)c2cccc(C(F)(F)F)c2)ccc1O. The quantitative estimate of drug-likeness (QED) is 0.766. The van der Waals surface area contributed by atoms with Gasteiger partial charge in [-0.3, -0.25) is 0 Å². The molecule has 2 aromatic rings. The van der Waals surface area contributed by atoms with Crippen molar-refractivity contribution >= 4 is 15.9 Å². The van der Waals surface area contributed by atoms with E-state index in [9.17, 15) is 32.0 Å². The average Bonchev–Trinajstić information content (AvgIpc) is 2.61. The number of allylic oxidation sites excluding steroid dienone is 1. The van der Waals surface area contributed by atoms with Crippen LogP contribution >= 0.6 is 0 Å². The predicted molar refractivity (Wildman–Crippen MR) is 91.5 cm³/mol. The Morgan fingerprint density at radius 1 is 1.26 bits per heavy atom. The van der Waals surface area contributed by atoms with Gasteiger partial charge in [0.05, 0.1) is 17.1 Å². The first-order valence-corrected chi connectivity index (χ1v) is 9.08. The summed E-state index contributed by atoms with van der Waals surface area (Å²) in [6, 6.07) is 8.57. The fraction of sp³-hybridized carbons (Fsp3) is 0.167. The van der Waals surface area contributed by atoms with Gasteiger partial charge >= 0.3 is 6.18 Å². The molecule has 2 aromatic carbocycles. The molecule has 0 aromatic heterocycles. The van der Waals surface area contributed by atoms with Crippen LogP contribution in [0.1, 0.15) is 18.1 Å². The minimum atomic E-state index is -4.72. The molecular formula is C18H14F3NO4S. The monoisotopic (exact) mass is 397 g/mol. The summed E-state index contributed by atoms with van der Waals surface area (Å²) in [7, 11) is -4.47. The Morgan fingerprint density at radius 2 is 1.96 bits per heavy atom. The molecule has 0 saturated carbocycles. The van der Waals surface area contributed by atoms with E-state index in [4.69, 9.17) is 4.74 Å². The zero-order valence-corrected chi connectivity index (χ0v) is 14.8. The lowest BCUT2D eigenvalue weighted by molar-refractivity contribution is -0.137. The van der Waals surface area contributed by atoms with Gasteiger partial charge in [-0.05, 0) is 48.9 Å². The fourth-order valence-corrected chi connectivity index (χ4v) is 3.38. The standard InChI is InChI=1S/C18H14F3NO4S/c1-2-26-17-9-12(6-7-16(17)23)8-15(11-22)27(24,25)14-5-3-4-13(10-14)18(19,20)21/h3-10,23H,2H2,1H3/b15-8+. The largest absolute Gasteiger partial charge is 0.504 e. The van der Waals surface area contributed by atoms with E-state index in [1.54, 1.807) is 6.92 Å². The Bertz CT molecular complexity index is 1020. The summed E-state index contributed by atoms with van der Waals surface area (Å²) in [6.45, 7) is 1.93. The first-order valence-electron chi connectivity index (χ1n) is 7.59. The predicted octanol–water partition coefficient (Wildman–Crippen LogP) is 4.15. The van der Waals surface area contributed by atoms with Crippen molar-refractivity contribution in [1.29, 1.82) is 5.26 Å². The molecule has 1 N–H and O–H groups in total. The smallest absolute Gasteiger partial charge is 0.416 e. The van der Waals surface area contributed by atoms with E-state index >= 15 is 0 Å². The third kappa shape index (κ3) is 4.60. The maximum absolute atomic E-state index is 12.8. The van der Waals surface area contributed by atoms with Crippen molar-refractivity contribution in [1.82, 2.24) is 0 Å². The Hall–Kier alpha value is -2.99. The highest BCUT2D eigenvalue weighted by Crippen LogP contribution is 2.32. The van der Waals surface area contributed by atoms with Crippen LogP contribution in [0.4, 0.5) is 13.2 Å². The summed E-state index contributed by atoms with van der Waals surface area (Å²) in [5.74, 6) is -0.0896. The molecule has 0 aliphatic rings. The van der Waals surface area contributed by atoms with E-state index in [0.717, 1.165) is 24.3 Å². The van der Waals surface area contributed by atoms with E-state index in [-0.39, 0.29) is 23.7 Å². The molecule has 0 spiro atoms. The third-order valence-electron chi connectivity index (χ3n) is 3.45. The molecule has 2 rings (SSSR count). The maximum Gasteiger partial charge on any atom is 0.416 e. The van der Waals surface area contributed by atoms with Gasteiger partial charge in [0.2, 0.25) is 9.84 Å². The number of aromatic hydroxyl groups is 1. The summed E-state index contributed by atoms with van der Waals surface area (Å²) in [5.41, 5.74) is -0.910. The molecule has 0 bridgehead atoms. The van der Waals surface area contributed by atoms with Crippen LogP contribution in [0, 0.1) is 11.3 Å². The van der Waals surface area contributed by atoms with Gasteiger partial charge in [0.15, 0.2) is 11.5 Å². The minimum Gasteiger partial charge on any atom is -0.504 e. The lowest BCUT2D eigenvalue weighted by atomic mass is 10.2. The van der Waals surface area contributed by atoms with Crippen LogP contribution in [0.15, 0.2) is 52.3 Å². The first-order chi connectivity index (χ1) is 12.6. The number of ether oxygens (including phenoxy) is 1. The van der Waals surface area contributed by atoms with Crippen LogP contribution in [0.25, 0.3) is 6.08 Å². The van der Waals surface area contributed by atoms with Crippen molar-refractivity contribution in [2.45, 2.75) is 18.0 Å². The van der Waals surface area contributed by atoms with Crippen molar-refractivity contribution in [2.75, 3.05) is 6.61 Å². The number of phenols is 1. The maximum atomic E-state index is 12.8. The number of halogens is 3. The summed E-state index contributed by atoms with van der Waals surface area (Å²) >= 11 is 0. The van der Waals surface area contributed by atoms with E-state index in [1.165, 1.54) is 24.3 Å². The molecule has 0 aliphatic heterocycles. The number of benzene rings is 2. The van der Waals surface area contributed by atoms with Gasteiger partial charge in [-0.2, -0.15) is 18.4 Å². The molecule has 0 aliphatic carbocycles. The van der Waals surface area contributed by atoms with Crippen LogP contribution in [-0.4, -0.2) is 20.1 Å². The molecule has 0 fully saturated rings. The third-order valence-corrected chi connectivity index (χ3v) is 5.12. The zero-order chi connectivity index (χ0) is 20.2. The highest BCUT2D eigenvalue weighted by atomic mass is 32.2. The zero-order valence-electron chi connectivity index (χ0n) is 14.0. The second-order valence-electron chi connectivity index (χ2n) is 5.31. The van der Waals surface area contributed by atoms with E-state index in [0.29, 0.717) is 6.07 Å². The summed E-state index contributed by atoms with van der Waals surface area (Å²) in [5, 5.41) is 18.9. The van der Waals surface area contributed by atoms with Gasteiger partial charge in [-0.1, -0.05) is 12.1 Å². The van der Waals surface area contributed by atoms with Crippen LogP contribution in [0.3, 0.4) is 0 Å². The number of hydrogen-bond donors (Lipinski definition) is 1. The number of alkyl halides is 3. The van der Waals surface area contributed by atoms with Gasteiger partial charge in [0.1, 0.15) is 11.0 Å². The molecule has 0 heterocycles. The second-order valence-corrected chi connectivity index (χ2v) is 7.23. The Morgan fingerprint density at radius 3 is 2.56 bits per heavy atom. The molecule has 0 amide bonds. The highest BCUT2D eigenvalue weighted by Gasteiger charge is 2.32. The topological polar surface area (TPSA) is 87.4 Å². The van der Waals surface area contributed by atoms with Crippen LogP contribution < -0.4 is 4.74 Å². The van der Waals surface area contributed by atoms with Gasteiger partial charge in [-0.25, -0.2) is 8.42 Å². The van der Waals surface area contributed by atoms with Gasteiger partial charge < -0.3 is 9.84 Å². The molecule has 0 radical (unpaired) electrons. The van der Waals surface area contributed by atoms with E-state index in [2.05, 4.69) is 0 Å². The number of nitriles is 1. The molecular weight excluding hydrogens is 383 g/mol. The van der Waals surface area contributed by atoms with Crippen molar-refractivity contribution in [3.8, 4) is 17.6 Å². The van der Waals surface area contributed by atoms with E-state index in [1.807, 2.05) is 0 Å². The molecule has 142 valence electrons. The number of nitrogens with zero attached hydrogens (tertiary/aromatic N) is 1. The average molecular weight is 397 g/mol. The Labute approximate surface area is 153 Å². The number of phenolic OH excluding ortho intramolecular Hbond substituents is 1. The molecule has 0 atom stereocenters. The molecule has 5 nitrogen and oxygen atoms in total. The summed E-state index contributed by atoms with van der Waals surface area (Å²) in [6.07, 6.45) is -3.72. The highest BCUT2D eigenvalue weighted by molar-refractivity contribution is 7.95. The van der Waals surface area contributed by atoms with Crippen LogP contribution in [-0.2, 0) is 16.0 Å². The van der Waals surface area contributed by atoms with Crippen molar-refractivity contribution < 1.29 is 31.4 Å². The number of rotatable bonds is 5. The van der Waals surface area contributed by atoms with E-state index < -0.39 is 31.4 Å². The number of sulfone groups is 1. The Kier molecular flexibility index (Phi) is 5.81. The summed E-state index contributed by atoms with van der Waals surface area (Å²) < 4.78 is 68.8. The number of hydrogen-bond acceptors (Lipinski definition) is 5. The molecule has 9 heteroatoms. The molecule has 27 heavy (non-hydrogen) atoms.